The second kappa shape index (κ2) is 8.18. The minimum atomic E-state index is -0.373. The largest absolute Gasteiger partial charge is 0.493 e. The van der Waals surface area contributed by atoms with E-state index in [0.717, 1.165) is 11.1 Å². The molecule has 0 aliphatic carbocycles. The third kappa shape index (κ3) is 3.69. The molecule has 0 bridgehead atoms. The molecule has 1 aliphatic heterocycles. The third-order valence-electron chi connectivity index (χ3n) is 4.62. The zero-order chi connectivity index (χ0) is 20.4. The SMILES string of the molecule is CNC(=O)N1N=C(c2ccc(F)c(Br)c2)c2cc(OC)c(OC)cc2CC1C. The molecule has 6 nitrogen and oxygen atoms in total. The minimum Gasteiger partial charge on any atom is -0.493 e. The fourth-order valence-electron chi connectivity index (χ4n) is 3.19. The number of halogens is 2. The number of benzene rings is 2. The zero-order valence-electron chi connectivity index (χ0n) is 16.0. The Morgan fingerprint density at radius 3 is 2.54 bits per heavy atom. The number of hydrazone groups is 1. The molecule has 3 rings (SSSR count). The van der Waals surface area contributed by atoms with Crippen LogP contribution in [0.5, 0.6) is 11.5 Å². The number of rotatable bonds is 3. The molecule has 0 radical (unpaired) electrons. The third-order valence-corrected chi connectivity index (χ3v) is 5.23. The zero-order valence-corrected chi connectivity index (χ0v) is 17.6. The Kier molecular flexibility index (Phi) is 5.88. The number of hydrogen-bond donors (Lipinski definition) is 1. The molecule has 1 heterocycles. The quantitative estimate of drug-likeness (QED) is 0.771. The van der Waals surface area contributed by atoms with Gasteiger partial charge in [0.1, 0.15) is 5.82 Å². The molecule has 0 saturated carbocycles. The second-order valence-corrected chi connectivity index (χ2v) is 7.25. The van der Waals surface area contributed by atoms with Gasteiger partial charge in [0.15, 0.2) is 11.5 Å². The summed E-state index contributed by atoms with van der Waals surface area (Å²) in [5.74, 6) is 0.777. The Morgan fingerprint density at radius 2 is 1.93 bits per heavy atom. The molecule has 28 heavy (non-hydrogen) atoms. The Morgan fingerprint density at radius 1 is 1.25 bits per heavy atom. The topological polar surface area (TPSA) is 63.2 Å². The average Bonchev–Trinajstić information content (AvgIpc) is 2.84. The summed E-state index contributed by atoms with van der Waals surface area (Å²) in [5, 5.41) is 8.67. The van der Waals surface area contributed by atoms with Crippen molar-refractivity contribution in [2.75, 3.05) is 21.3 Å². The van der Waals surface area contributed by atoms with E-state index in [0.29, 0.717) is 33.7 Å². The smallest absolute Gasteiger partial charge is 0.337 e. The van der Waals surface area contributed by atoms with Gasteiger partial charge in [0.05, 0.1) is 30.4 Å². The van der Waals surface area contributed by atoms with E-state index in [1.807, 2.05) is 19.1 Å². The van der Waals surface area contributed by atoms with Gasteiger partial charge in [-0.3, -0.25) is 0 Å². The molecular formula is C20H21BrFN3O3. The summed E-state index contributed by atoms with van der Waals surface area (Å²) in [5.41, 5.74) is 2.97. The minimum absolute atomic E-state index is 0.196. The number of methoxy groups -OCH3 is 2. The van der Waals surface area contributed by atoms with Crippen LogP contribution in [-0.4, -0.2) is 44.1 Å². The highest BCUT2D eigenvalue weighted by Gasteiger charge is 2.28. The maximum absolute atomic E-state index is 13.8. The lowest BCUT2D eigenvalue weighted by atomic mass is 9.94. The highest BCUT2D eigenvalue weighted by atomic mass is 79.9. The van der Waals surface area contributed by atoms with Gasteiger partial charge in [0.25, 0.3) is 0 Å². The van der Waals surface area contributed by atoms with Crippen molar-refractivity contribution in [2.24, 2.45) is 5.10 Å². The van der Waals surface area contributed by atoms with Gasteiger partial charge in [0, 0.05) is 18.2 Å². The van der Waals surface area contributed by atoms with Crippen molar-refractivity contribution in [1.82, 2.24) is 10.3 Å². The highest BCUT2D eigenvalue weighted by molar-refractivity contribution is 9.10. The summed E-state index contributed by atoms with van der Waals surface area (Å²) < 4.78 is 25.0. The molecule has 2 aromatic carbocycles. The van der Waals surface area contributed by atoms with Crippen LogP contribution < -0.4 is 14.8 Å². The molecular weight excluding hydrogens is 429 g/mol. The van der Waals surface area contributed by atoms with Crippen molar-refractivity contribution in [1.29, 1.82) is 0 Å². The van der Waals surface area contributed by atoms with Crippen molar-refractivity contribution in [2.45, 2.75) is 19.4 Å². The van der Waals surface area contributed by atoms with E-state index in [4.69, 9.17) is 9.47 Å². The van der Waals surface area contributed by atoms with Gasteiger partial charge < -0.3 is 14.8 Å². The number of nitrogens with one attached hydrogen (secondary N) is 1. The van der Waals surface area contributed by atoms with Crippen LogP contribution >= 0.6 is 15.9 Å². The summed E-state index contributed by atoms with van der Waals surface area (Å²) >= 11 is 3.23. The van der Waals surface area contributed by atoms with Gasteiger partial charge in [-0.05, 0) is 65.2 Å². The molecule has 0 aromatic heterocycles. The number of amides is 2. The van der Waals surface area contributed by atoms with E-state index in [-0.39, 0.29) is 17.9 Å². The normalized spacial score (nSPS) is 16.0. The molecule has 2 aromatic rings. The maximum Gasteiger partial charge on any atom is 0.337 e. The first kappa shape index (κ1) is 20.1. The summed E-state index contributed by atoms with van der Waals surface area (Å²) in [6, 6.07) is 7.86. The predicted octanol–water partition coefficient (Wildman–Crippen LogP) is 3.94. The fourth-order valence-corrected chi connectivity index (χ4v) is 3.57. The standard InChI is InChI=1S/C20H21BrFN3O3/c1-11-7-13-9-17(27-3)18(28-4)10-14(13)19(24-25(11)20(26)23-2)12-5-6-16(22)15(21)8-12/h5-6,8-11H,7H2,1-4H3,(H,23,26). The van der Waals surface area contributed by atoms with Gasteiger partial charge in [-0.15, -0.1) is 0 Å². The van der Waals surface area contributed by atoms with Crippen LogP contribution in [0.2, 0.25) is 0 Å². The van der Waals surface area contributed by atoms with Gasteiger partial charge in [-0.2, -0.15) is 5.10 Å². The first-order valence-corrected chi connectivity index (χ1v) is 9.49. The number of urea groups is 1. The van der Waals surface area contributed by atoms with Crippen LogP contribution in [0, 0.1) is 5.82 Å². The van der Waals surface area contributed by atoms with Gasteiger partial charge in [0.2, 0.25) is 0 Å². The maximum atomic E-state index is 13.8. The van der Waals surface area contributed by atoms with Crippen LogP contribution in [0.3, 0.4) is 0 Å². The number of carbonyl (C=O) groups is 1. The average molecular weight is 450 g/mol. The van der Waals surface area contributed by atoms with E-state index in [2.05, 4.69) is 26.3 Å². The Bertz CT molecular complexity index is 949. The van der Waals surface area contributed by atoms with Crippen LogP contribution in [0.25, 0.3) is 0 Å². The van der Waals surface area contributed by atoms with E-state index in [9.17, 15) is 9.18 Å². The summed E-state index contributed by atoms with van der Waals surface area (Å²) in [7, 11) is 4.70. The molecule has 8 heteroatoms. The van der Waals surface area contributed by atoms with Crippen LogP contribution in [0.1, 0.15) is 23.6 Å². The van der Waals surface area contributed by atoms with Crippen molar-refractivity contribution in [3.63, 3.8) is 0 Å². The second-order valence-electron chi connectivity index (χ2n) is 6.39. The van der Waals surface area contributed by atoms with Crippen molar-refractivity contribution in [3.8, 4) is 11.5 Å². The monoisotopic (exact) mass is 449 g/mol. The predicted molar refractivity (Wildman–Crippen MR) is 109 cm³/mol. The summed E-state index contributed by atoms with van der Waals surface area (Å²) in [6.07, 6.45) is 0.568. The van der Waals surface area contributed by atoms with E-state index < -0.39 is 0 Å². The molecule has 0 fully saturated rings. The van der Waals surface area contributed by atoms with E-state index in [1.165, 1.54) is 11.1 Å². The van der Waals surface area contributed by atoms with E-state index >= 15 is 0 Å². The molecule has 1 aliphatic rings. The van der Waals surface area contributed by atoms with Crippen LogP contribution in [-0.2, 0) is 6.42 Å². The molecule has 1 unspecified atom stereocenters. The molecule has 1 atom stereocenters. The first-order chi connectivity index (χ1) is 13.4. The fraction of sp³-hybridized carbons (Fsp3) is 0.300. The van der Waals surface area contributed by atoms with Crippen molar-refractivity contribution < 1.29 is 18.7 Å². The lowest BCUT2D eigenvalue weighted by Gasteiger charge is -2.22. The summed E-state index contributed by atoms with van der Waals surface area (Å²) in [6.45, 7) is 1.92. The lowest BCUT2D eigenvalue weighted by molar-refractivity contribution is 0.184. The Hall–Kier alpha value is -2.61. The number of nitrogens with zero attached hydrogens (tertiary/aromatic N) is 2. The number of ether oxygens (including phenoxy) is 2. The van der Waals surface area contributed by atoms with Gasteiger partial charge >= 0.3 is 6.03 Å². The van der Waals surface area contributed by atoms with Crippen molar-refractivity contribution >= 4 is 27.7 Å². The van der Waals surface area contributed by atoms with Crippen molar-refractivity contribution in [3.05, 3.63) is 57.3 Å². The lowest BCUT2D eigenvalue weighted by Crippen LogP contribution is -2.41. The molecule has 0 spiro atoms. The van der Waals surface area contributed by atoms with Crippen LogP contribution in [0.4, 0.5) is 9.18 Å². The first-order valence-electron chi connectivity index (χ1n) is 8.69. The number of fused-ring (bicyclic) bond motifs is 1. The number of hydrogen-bond acceptors (Lipinski definition) is 4. The molecule has 148 valence electrons. The van der Waals surface area contributed by atoms with Gasteiger partial charge in [-0.1, -0.05) is 0 Å². The van der Waals surface area contributed by atoms with Gasteiger partial charge in [-0.25, -0.2) is 14.2 Å². The highest BCUT2D eigenvalue weighted by Crippen LogP contribution is 2.35. The molecule has 2 amide bonds. The Labute approximate surface area is 171 Å². The number of carbonyl (C=O) groups excluding carboxylic acids is 1. The van der Waals surface area contributed by atoms with E-state index in [1.54, 1.807) is 33.4 Å². The summed E-state index contributed by atoms with van der Waals surface area (Å²) in [4.78, 5) is 12.4. The Balaban J connectivity index is 2.27. The molecule has 1 N–H and O–H groups in total. The van der Waals surface area contributed by atoms with Crippen LogP contribution in [0.15, 0.2) is 39.9 Å². The molecule has 0 saturated heterocycles.